The summed E-state index contributed by atoms with van der Waals surface area (Å²) in [7, 11) is 0. The molecule has 0 aliphatic rings. The van der Waals surface area contributed by atoms with Gasteiger partial charge in [0.25, 0.3) is 0 Å². The van der Waals surface area contributed by atoms with Crippen LogP contribution in [-0.4, -0.2) is 11.9 Å². The van der Waals surface area contributed by atoms with Crippen molar-refractivity contribution < 1.29 is 19.1 Å². The van der Waals surface area contributed by atoms with Crippen LogP contribution in [0.15, 0.2) is 24.3 Å². The van der Waals surface area contributed by atoms with E-state index >= 15 is 0 Å². The van der Waals surface area contributed by atoms with E-state index in [9.17, 15) is 9.59 Å². The fourth-order valence-electron chi connectivity index (χ4n) is 1.09. The van der Waals surface area contributed by atoms with Crippen molar-refractivity contribution in [2.45, 2.75) is 26.9 Å². The first-order chi connectivity index (χ1) is 7.61. The summed E-state index contributed by atoms with van der Waals surface area (Å²) < 4.78 is 9.82. The second-order valence-electron chi connectivity index (χ2n) is 3.25. The molecule has 0 spiro atoms. The maximum absolute atomic E-state index is 10.9. The van der Waals surface area contributed by atoms with Gasteiger partial charge in [-0.1, -0.05) is 19.1 Å². The topological polar surface area (TPSA) is 52.6 Å². The van der Waals surface area contributed by atoms with Crippen molar-refractivity contribution in [2.75, 3.05) is 0 Å². The average Bonchev–Trinajstić information content (AvgIpc) is 2.27. The maximum atomic E-state index is 10.9. The SMILES string of the molecule is CCC(=O)OCc1ccc(OC(C)=O)cc1. The molecule has 0 fully saturated rings. The van der Waals surface area contributed by atoms with E-state index in [1.807, 2.05) is 0 Å². The first-order valence-electron chi connectivity index (χ1n) is 5.04. The Morgan fingerprint density at radius 1 is 1.19 bits per heavy atom. The molecule has 86 valence electrons. The van der Waals surface area contributed by atoms with Crippen molar-refractivity contribution in [1.29, 1.82) is 0 Å². The van der Waals surface area contributed by atoms with E-state index in [0.717, 1.165) is 5.56 Å². The lowest BCUT2D eigenvalue weighted by Crippen LogP contribution is -2.03. The monoisotopic (exact) mass is 222 g/mol. The van der Waals surface area contributed by atoms with Crippen LogP contribution in [0.25, 0.3) is 0 Å². The van der Waals surface area contributed by atoms with Gasteiger partial charge in [0, 0.05) is 13.3 Å². The molecule has 0 saturated carbocycles. The van der Waals surface area contributed by atoms with Crippen LogP contribution < -0.4 is 4.74 Å². The molecule has 0 heterocycles. The largest absolute Gasteiger partial charge is 0.461 e. The molecule has 0 aliphatic carbocycles. The number of hydrogen-bond acceptors (Lipinski definition) is 4. The summed E-state index contributed by atoms with van der Waals surface area (Å²) in [6, 6.07) is 6.83. The molecule has 0 radical (unpaired) electrons. The zero-order valence-corrected chi connectivity index (χ0v) is 9.36. The van der Waals surface area contributed by atoms with Gasteiger partial charge in [-0.05, 0) is 17.7 Å². The van der Waals surface area contributed by atoms with Crippen LogP contribution in [0.1, 0.15) is 25.8 Å². The number of carbonyl (C=O) groups is 2. The molecule has 4 nitrogen and oxygen atoms in total. The van der Waals surface area contributed by atoms with Crippen LogP contribution in [0.3, 0.4) is 0 Å². The highest BCUT2D eigenvalue weighted by atomic mass is 16.5. The van der Waals surface area contributed by atoms with Gasteiger partial charge in [-0.2, -0.15) is 0 Å². The molecule has 1 rings (SSSR count). The van der Waals surface area contributed by atoms with Crippen molar-refractivity contribution in [2.24, 2.45) is 0 Å². The van der Waals surface area contributed by atoms with Gasteiger partial charge in [-0.25, -0.2) is 0 Å². The standard InChI is InChI=1S/C12H14O4/c1-3-12(14)15-8-10-4-6-11(7-5-10)16-9(2)13/h4-7H,3,8H2,1-2H3. The van der Waals surface area contributed by atoms with Gasteiger partial charge in [0.1, 0.15) is 12.4 Å². The molecule has 0 saturated heterocycles. The fraction of sp³-hybridized carbons (Fsp3) is 0.333. The van der Waals surface area contributed by atoms with Crippen LogP contribution in [0.5, 0.6) is 5.75 Å². The zero-order valence-electron chi connectivity index (χ0n) is 9.36. The second kappa shape index (κ2) is 5.90. The third-order valence-corrected chi connectivity index (χ3v) is 1.87. The van der Waals surface area contributed by atoms with Crippen LogP contribution >= 0.6 is 0 Å². The van der Waals surface area contributed by atoms with Crippen molar-refractivity contribution in [1.82, 2.24) is 0 Å². The normalized spacial score (nSPS) is 9.62. The molecule has 16 heavy (non-hydrogen) atoms. The summed E-state index contributed by atoms with van der Waals surface area (Å²) in [5.74, 6) is -0.104. The summed E-state index contributed by atoms with van der Waals surface area (Å²) in [4.78, 5) is 21.6. The fourth-order valence-corrected chi connectivity index (χ4v) is 1.09. The summed E-state index contributed by atoms with van der Waals surface area (Å²) in [5, 5.41) is 0. The number of esters is 2. The average molecular weight is 222 g/mol. The van der Waals surface area contributed by atoms with Gasteiger partial charge in [0.05, 0.1) is 0 Å². The molecule has 0 aromatic heterocycles. The summed E-state index contributed by atoms with van der Waals surface area (Å²) in [6.45, 7) is 3.33. The van der Waals surface area contributed by atoms with Crippen LogP contribution in [0.4, 0.5) is 0 Å². The molecule has 0 aliphatic heterocycles. The number of ether oxygens (including phenoxy) is 2. The van der Waals surface area contributed by atoms with Crippen molar-refractivity contribution >= 4 is 11.9 Å². The number of rotatable bonds is 4. The van der Waals surface area contributed by atoms with Gasteiger partial charge in [0.2, 0.25) is 0 Å². The van der Waals surface area contributed by atoms with Crippen LogP contribution in [0, 0.1) is 0 Å². The van der Waals surface area contributed by atoms with Gasteiger partial charge < -0.3 is 9.47 Å². The Morgan fingerprint density at radius 3 is 2.31 bits per heavy atom. The van der Waals surface area contributed by atoms with Crippen molar-refractivity contribution in [3.63, 3.8) is 0 Å². The predicted molar refractivity (Wildman–Crippen MR) is 57.8 cm³/mol. The van der Waals surface area contributed by atoms with E-state index in [2.05, 4.69) is 0 Å². The quantitative estimate of drug-likeness (QED) is 0.578. The summed E-state index contributed by atoms with van der Waals surface area (Å²) in [6.07, 6.45) is 0.367. The Bertz CT molecular complexity index is 367. The number of carbonyl (C=O) groups excluding carboxylic acids is 2. The predicted octanol–water partition coefficient (Wildman–Crippen LogP) is 2.07. The minimum absolute atomic E-state index is 0.232. The second-order valence-corrected chi connectivity index (χ2v) is 3.25. The number of hydrogen-bond donors (Lipinski definition) is 0. The molecule has 0 unspecified atom stereocenters. The molecule has 0 amide bonds. The van der Waals surface area contributed by atoms with E-state index in [1.165, 1.54) is 6.92 Å². The first kappa shape index (κ1) is 12.2. The lowest BCUT2D eigenvalue weighted by atomic mass is 10.2. The Kier molecular flexibility index (Phi) is 4.51. The van der Waals surface area contributed by atoms with E-state index in [1.54, 1.807) is 31.2 Å². The van der Waals surface area contributed by atoms with Crippen LogP contribution in [-0.2, 0) is 20.9 Å². The van der Waals surface area contributed by atoms with Crippen molar-refractivity contribution in [3.05, 3.63) is 29.8 Å². The molecule has 4 heteroatoms. The highest BCUT2D eigenvalue weighted by Gasteiger charge is 2.01. The maximum Gasteiger partial charge on any atom is 0.308 e. The van der Waals surface area contributed by atoms with E-state index in [4.69, 9.17) is 9.47 Å². The zero-order chi connectivity index (χ0) is 12.0. The first-order valence-corrected chi connectivity index (χ1v) is 5.04. The molecule has 1 aromatic carbocycles. The Balaban J connectivity index is 2.51. The lowest BCUT2D eigenvalue weighted by Gasteiger charge is -2.04. The molecular formula is C12H14O4. The Morgan fingerprint density at radius 2 is 1.81 bits per heavy atom. The minimum Gasteiger partial charge on any atom is -0.461 e. The smallest absolute Gasteiger partial charge is 0.308 e. The molecule has 0 atom stereocenters. The highest BCUT2D eigenvalue weighted by molar-refractivity contribution is 5.69. The minimum atomic E-state index is -0.356. The molecular weight excluding hydrogens is 208 g/mol. The summed E-state index contributed by atoms with van der Waals surface area (Å²) >= 11 is 0. The molecule has 1 aromatic rings. The molecule has 0 bridgehead atoms. The number of benzene rings is 1. The lowest BCUT2D eigenvalue weighted by molar-refractivity contribution is -0.144. The van der Waals surface area contributed by atoms with Crippen LogP contribution in [0.2, 0.25) is 0 Å². The Labute approximate surface area is 94.2 Å². The van der Waals surface area contributed by atoms with Gasteiger partial charge in [0.15, 0.2) is 0 Å². The highest BCUT2D eigenvalue weighted by Crippen LogP contribution is 2.13. The summed E-state index contributed by atoms with van der Waals surface area (Å²) in [5.41, 5.74) is 0.859. The third-order valence-electron chi connectivity index (χ3n) is 1.87. The van der Waals surface area contributed by atoms with Gasteiger partial charge in [-0.3, -0.25) is 9.59 Å². The van der Waals surface area contributed by atoms with E-state index in [0.29, 0.717) is 12.2 Å². The van der Waals surface area contributed by atoms with Gasteiger partial charge in [-0.15, -0.1) is 0 Å². The Hall–Kier alpha value is -1.84. The molecule has 0 N–H and O–H groups in total. The van der Waals surface area contributed by atoms with E-state index < -0.39 is 0 Å². The third kappa shape index (κ3) is 4.13. The van der Waals surface area contributed by atoms with Gasteiger partial charge >= 0.3 is 11.9 Å². The van der Waals surface area contributed by atoms with E-state index in [-0.39, 0.29) is 18.5 Å². The van der Waals surface area contributed by atoms with Crippen molar-refractivity contribution in [3.8, 4) is 5.75 Å².